The second-order valence-electron chi connectivity index (χ2n) is 4.30. The number of aliphatic carboxylic acids is 1. The lowest BCUT2D eigenvalue weighted by molar-refractivity contribution is -0.386. The first kappa shape index (κ1) is 15.6. The molecule has 1 aromatic rings. The molecule has 1 atom stereocenters. The average molecular weight is 284 g/mol. The Morgan fingerprint density at radius 1 is 1.50 bits per heavy atom. The molecule has 0 aliphatic heterocycles. The molecule has 0 saturated heterocycles. The van der Waals surface area contributed by atoms with E-state index in [0.717, 1.165) is 0 Å². The van der Waals surface area contributed by atoms with Gasteiger partial charge in [0.05, 0.1) is 4.92 Å². The van der Waals surface area contributed by atoms with Crippen molar-refractivity contribution in [3.63, 3.8) is 0 Å². The Labute approximate surface area is 114 Å². The van der Waals surface area contributed by atoms with E-state index in [9.17, 15) is 19.7 Å². The third-order valence-corrected chi connectivity index (χ3v) is 2.86. The van der Waals surface area contributed by atoms with E-state index in [0.29, 0.717) is 0 Å². The smallest absolute Gasteiger partial charge is 0.326 e. The Kier molecular flexibility index (Phi) is 4.78. The molecule has 0 unspecified atom stereocenters. The van der Waals surface area contributed by atoms with Crippen molar-refractivity contribution < 1.29 is 19.6 Å². The van der Waals surface area contributed by atoms with Gasteiger partial charge in [0.15, 0.2) is 0 Å². The van der Waals surface area contributed by atoms with Crippen LogP contribution in [-0.2, 0) is 16.1 Å². The van der Waals surface area contributed by atoms with Crippen LogP contribution in [0.2, 0.25) is 0 Å². The number of nitrogens with one attached hydrogen (secondary N) is 1. The fourth-order valence-electron chi connectivity index (χ4n) is 1.82. The summed E-state index contributed by atoms with van der Waals surface area (Å²) < 4.78 is 1.19. The minimum Gasteiger partial charge on any atom is -0.480 e. The van der Waals surface area contributed by atoms with Gasteiger partial charge in [-0.1, -0.05) is 6.92 Å². The van der Waals surface area contributed by atoms with Crippen molar-refractivity contribution in [1.29, 1.82) is 0 Å². The number of rotatable bonds is 6. The van der Waals surface area contributed by atoms with Gasteiger partial charge in [-0.05, 0) is 20.3 Å². The van der Waals surface area contributed by atoms with Crippen molar-refractivity contribution in [2.75, 3.05) is 0 Å². The fraction of sp³-hybridized carbons (Fsp3) is 0.545. The molecule has 0 aliphatic carbocycles. The van der Waals surface area contributed by atoms with Crippen LogP contribution < -0.4 is 5.32 Å². The zero-order chi connectivity index (χ0) is 15.4. The summed E-state index contributed by atoms with van der Waals surface area (Å²) in [6.45, 7) is 4.34. The lowest BCUT2D eigenvalue weighted by Crippen LogP contribution is -2.42. The number of hydrogen-bond acceptors (Lipinski definition) is 5. The highest BCUT2D eigenvalue weighted by Crippen LogP contribution is 2.21. The molecule has 0 bridgehead atoms. The van der Waals surface area contributed by atoms with Gasteiger partial charge in [0.1, 0.15) is 24.0 Å². The highest BCUT2D eigenvalue weighted by molar-refractivity contribution is 5.83. The van der Waals surface area contributed by atoms with Gasteiger partial charge in [0, 0.05) is 0 Å². The first-order valence-corrected chi connectivity index (χ1v) is 5.98. The van der Waals surface area contributed by atoms with E-state index in [2.05, 4.69) is 10.4 Å². The van der Waals surface area contributed by atoms with Crippen LogP contribution in [0, 0.1) is 24.0 Å². The van der Waals surface area contributed by atoms with Crippen LogP contribution in [0.3, 0.4) is 0 Å². The monoisotopic (exact) mass is 284 g/mol. The second-order valence-corrected chi connectivity index (χ2v) is 4.30. The second kappa shape index (κ2) is 6.13. The maximum absolute atomic E-state index is 11.7. The number of carboxylic acid groups (broad SMARTS) is 1. The fourth-order valence-corrected chi connectivity index (χ4v) is 1.82. The molecule has 1 heterocycles. The Morgan fingerprint density at radius 2 is 2.10 bits per heavy atom. The predicted octanol–water partition coefficient (Wildman–Crippen LogP) is 0.388. The number of hydrogen-bond donors (Lipinski definition) is 2. The predicted molar refractivity (Wildman–Crippen MR) is 68.2 cm³/mol. The Bertz CT molecular complexity index is 551. The van der Waals surface area contributed by atoms with Crippen molar-refractivity contribution in [3.05, 3.63) is 21.5 Å². The number of carboxylic acids is 1. The van der Waals surface area contributed by atoms with Gasteiger partial charge in [0.2, 0.25) is 5.91 Å². The van der Waals surface area contributed by atoms with E-state index in [1.54, 1.807) is 6.92 Å². The maximum atomic E-state index is 11.7. The van der Waals surface area contributed by atoms with Crippen LogP contribution in [-0.4, -0.2) is 37.7 Å². The number of aryl methyl sites for hydroxylation is 1. The summed E-state index contributed by atoms with van der Waals surface area (Å²) in [4.78, 5) is 32.8. The normalized spacial score (nSPS) is 11.9. The highest BCUT2D eigenvalue weighted by Gasteiger charge is 2.24. The van der Waals surface area contributed by atoms with Crippen LogP contribution in [0.15, 0.2) is 0 Å². The van der Waals surface area contributed by atoms with E-state index in [1.807, 2.05) is 0 Å². The van der Waals surface area contributed by atoms with Gasteiger partial charge < -0.3 is 10.4 Å². The van der Waals surface area contributed by atoms with E-state index < -0.39 is 22.8 Å². The van der Waals surface area contributed by atoms with Gasteiger partial charge in [-0.3, -0.25) is 19.6 Å². The topological polar surface area (TPSA) is 127 Å². The summed E-state index contributed by atoms with van der Waals surface area (Å²) in [6.07, 6.45) is 0.248. The maximum Gasteiger partial charge on any atom is 0.326 e. The minimum atomic E-state index is -1.12. The van der Waals surface area contributed by atoms with Crippen molar-refractivity contribution in [3.8, 4) is 0 Å². The summed E-state index contributed by atoms with van der Waals surface area (Å²) in [7, 11) is 0. The number of nitrogens with zero attached hydrogens (tertiary/aromatic N) is 3. The van der Waals surface area contributed by atoms with Crippen LogP contribution in [0.1, 0.15) is 24.7 Å². The number of amides is 1. The molecule has 2 N–H and O–H groups in total. The van der Waals surface area contributed by atoms with Crippen LogP contribution in [0.5, 0.6) is 0 Å². The number of carbonyl (C=O) groups is 2. The van der Waals surface area contributed by atoms with Crippen LogP contribution in [0.25, 0.3) is 0 Å². The van der Waals surface area contributed by atoms with Crippen molar-refractivity contribution in [1.82, 2.24) is 15.1 Å². The quantitative estimate of drug-likeness (QED) is 0.574. The lowest BCUT2D eigenvalue weighted by atomic mass is 10.2. The third kappa shape index (κ3) is 3.31. The summed E-state index contributed by atoms with van der Waals surface area (Å²) >= 11 is 0. The average Bonchev–Trinajstić information content (AvgIpc) is 2.60. The van der Waals surface area contributed by atoms with Crippen LogP contribution in [0.4, 0.5) is 5.69 Å². The van der Waals surface area contributed by atoms with E-state index in [-0.39, 0.29) is 30.0 Å². The molecule has 0 aromatic carbocycles. The Balaban J connectivity index is 2.84. The molecule has 0 aliphatic rings. The van der Waals surface area contributed by atoms with Gasteiger partial charge in [-0.15, -0.1) is 0 Å². The summed E-state index contributed by atoms with van der Waals surface area (Å²) in [5.41, 5.74) is 0.333. The molecule has 1 aromatic heterocycles. The Morgan fingerprint density at radius 3 is 2.50 bits per heavy atom. The first-order valence-electron chi connectivity index (χ1n) is 5.98. The summed E-state index contributed by atoms with van der Waals surface area (Å²) in [6, 6.07) is -0.977. The molecular weight excluding hydrogens is 268 g/mol. The molecule has 0 radical (unpaired) electrons. The van der Waals surface area contributed by atoms with Crippen LogP contribution >= 0.6 is 0 Å². The largest absolute Gasteiger partial charge is 0.480 e. The van der Waals surface area contributed by atoms with E-state index in [1.165, 1.54) is 18.5 Å². The van der Waals surface area contributed by atoms with Gasteiger partial charge in [-0.2, -0.15) is 5.10 Å². The molecule has 9 nitrogen and oxygen atoms in total. The zero-order valence-electron chi connectivity index (χ0n) is 11.4. The molecule has 0 spiro atoms. The molecule has 0 fully saturated rings. The number of carbonyl (C=O) groups excluding carboxylic acids is 1. The van der Waals surface area contributed by atoms with Crippen molar-refractivity contribution in [2.24, 2.45) is 0 Å². The molecule has 1 rings (SSSR count). The number of nitro groups is 1. The zero-order valence-corrected chi connectivity index (χ0v) is 11.4. The van der Waals surface area contributed by atoms with E-state index in [4.69, 9.17) is 5.11 Å². The summed E-state index contributed by atoms with van der Waals surface area (Å²) in [5.74, 6) is -1.68. The van der Waals surface area contributed by atoms with Crippen molar-refractivity contribution in [2.45, 2.75) is 39.8 Å². The molecule has 1 amide bonds. The van der Waals surface area contributed by atoms with Crippen molar-refractivity contribution >= 4 is 17.6 Å². The minimum absolute atomic E-state index is 0.136. The molecule has 0 saturated carbocycles. The summed E-state index contributed by atoms with van der Waals surface area (Å²) in [5, 5.41) is 25.9. The lowest BCUT2D eigenvalue weighted by Gasteiger charge is -2.12. The molecule has 9 heteroatoms. The molecule has 20 heavy (non-hydrogen) atoms. The Hall–Kier alpha value is -2.45. The molecular formula is C11H16N4O5. The standard InChI is InChI=1S/C11H16N4O5/c1-4-8(11(17)18)12-9(16)5-14-7(3)10(15(19)20)6(2)13-14/h8H,4-5H2,1-3H3,(H,12,16)(H,17,18)/t8-/m0/s1. The van der Waals surface area contributed by atoms with Gasteiger partial charge in [0.25, 0.3) is 0 Å². The molecule has 110 valence electrons. The van der Waals surface area contributed by atoms with Gasteiger partial charge in [-0.25, -0.2) is 4.79 Å². The third-order valence-electron chi connectivity index (χ3n) is 2.86. The number of aromatic nitrogens is 2. The SMILES string of the molecule is CC[C@H](NC(=O)Cn1nc(C)c([N+](=O)[O-])c1C)C(=O)O. The highest BCUT2D eigenvalue weighted by atomic mass is 16.6. The first-order chi connectivity index (χ1) is 9.27. The van der Waals surface area contributed by atoms with E-state index >= 15 is 0 Å². The van der Waals surface area contributed by atoms with Gasteiger partial charge >= 0.3 is 11.7 Å².